The SMILES string of the molecule is CC(C)C[C@H]1NC(=O)[C@H]2CSSCC/C=C/[C@H](CC(=O)N[C@H](C)C(=O)N2)OC(=O)C[C@@H]1O[Si](C)(C)C(C)(C)C. The van der Waals surface area contributed by atoms with Gasteiger partial charge in [-0.1, -0.05) is 62.3 Å². The zero-order valence-corrected chi connectivity index (χ0v) is 27.3. The van der Waals surface area contributed by atoms with Crippen molar-refractivity contribution >= 4 is 53.6 Å². The van der Waals surface area contributed by atoms with Crippen molar-refractivity contribution in [1.29, 1.82) is 0 Å². The third-order valence-corrected chi connectivity index (χ3v) is 14.2. The standard InChI is InChI=1S/C27H47N3O6S2Si/c1-17(2)13-20-22(36-39(7,8)27(4,5)6)15-24(32)35-19-11-9-10-12-37-38-16-21(26(34)29-20)30-25(33)18(3)28-23(31)14-19/h9,11,17-22H,10,12-16H2,1-8H3,(H,28,31)(H,29,34)(H,30,33)/b11-9+/t18-,19-,20-,21-,22+/m1/s1. The Kier molecular flexibility index (Phi) is 12.9. The van der Waals surface area contributed by atoms with E-state index in [1.807, 2.05) is 6.08 Å². The molecule has 0 radical (unpaired) electrons. The molecule has 3 amide bonds. The van der Waals surface area contributed by atoms with Gasteiger partial charge in [-0.2, -0.15) is 0 Å². The summed E-state index contributed by atoms with van der Waals surface area (Å²) in [5, 5.41) is 8.51. The number of rotatable bonds is 4. The third-order valence-electron chi connectivity index (χ3n) is 7.23. The van der Waals surface area contributed by atoms with Crippen LogP contribution in [0, 0.1) is 5.92 Å². The van der Waals surface area contributed by atoms with Crippen LogP contribution < -0.4 is 16.0 Å². The molecule has 1 saturated heterocycles. The van der Waals surface area contributed by atoms with Gasteiger partial charge < -0.3 is 25.1 Å². The van der Waals surface area contributed by atoms with Crippen LogP contribution in [-0.2, 0) is 28.3 Å². The first-order valence-electron chi connectivity index (χ1n) is 13.8. The molecule has 5 atom stereocenters. The molecular formula is C27H47N3O6S2Si. The molecule has 0 aromatic rings. The third kappa shape index (κ3) is 11.1. The molecule has 2 rings (SSSR count). The molecule has 0 aromatic carbocycles. The fraction of sp³-hybridized carbons (Fsp3) is 0.778. The molecule has 39 heavy (non-hydrogen) atoms. The van der Waals surface area contributed by atoms with Gasteiger partial charge in [0.05, 0.1) is 25.0 Å². The number of amides is 3. The summed E-state index contributed by atoms with van der Waals surface area (Å²) in [6.07, 6.45) is 3.38. The molecule has 0 saturated carbocycles. The molecular weight excluding hydrogens is 555 g/mol. The topological polar surface area (TPSA) is 123 Å². The highest BCUT2D eigenvalue weighted by atomic mass is 33.1. The number of allylic oxidation sites excluding steroid dienone is 1. The lowest BCUT2D eigenvalue weighted by Crippen LogP contribution is -2.58. The van der Waals surface area contributed by atoms with E-state index in [0.717, 1.165) is 5.75 Å². The van der Waals surface area contributed by atoms with Crippen molar-refractivity contribution in [2.75, 3.05) is 11.5 Å². The summed E-state index contributed by atoms with van der Waals surface area (Å²) in [6.45, 7) is 16.3. The van der Waals surface area contributed by atoms with Crippen LogP contribution in [0.1, 0.15) is 67.2 Å². The molecule has 12 heteroatoms. The van der Waals surface area contributed by atoms with Crippen molar-refractivity contribution in [2.45, 2.75) is 116 Å². The number of esters is 1. The van der Waals surface area contributed by atoms with Crippen LogP contribution in [0.15, 0.2) is 12.2 Å². The zero-order chi connectivity index (χ0) is 29.4. The summed E-state index contributed by atoms with van der Waals surface area (Å²) in [5.74, 6) is -0.351. The number of carbonyl (C=O) groups excluding carboxylic acids is 4. The van der Waals surface area contributed by atoms with Gasteiger partial charge in [0.25, 0.3) is 0 Å². The highest BCUT2D eigenvalue weighted by Gasteiger charge is 2.42. The van der Waals surface area contributed by atoms with Gasteiger partial charge in [-0.25, -0.2) is 0 Å². The Bertz CT molecular complexity index is 908. The average molecular weight is 602 g/mol. The van der Waals surface area contributed by atoms with Gasteiger partial charge in [-0.15, -0.1) is 0 Å². The van der Waals surface area contributed by atoms with Crippen molar-refractivity contribution in [3.63, 3.8) is 0 Å². The number of fused-ring (bicyclic) bond motifs is 7. The molecule has 2 aliphatic rings. The number of hydrogen-bond acceptors (Lipinski definition) is 8. The molecule has 0 unspecified atom stereocenters. The fourth-order valence-electron chi connectivity index (χ4n) is 4.01. The monoisotopic (exact) mass is 601 g/mol. The van der Waals surface area contributed by atoms with Gasteiger partial charge >= 0.3 is 5.97 Å². The van der Waals surface area contributed by atoms with Crippen molar-refractivity contribution < 1.29 is 28.3 Å². The van der Waals surface area contributed by atoms with Crippen LogP contribution in [0.25, 0.3) is 0 Å². The van der Waals surface area contributed by atoms with Crippen LogP contribution in [0.2, 0.25) is 18.1 Å². The Morgan fingerprint density at radius 2 is 1.74 bits per heavy atom. The predicted molar refractivity (Wildman–Crippen MR) is 161 cm³/mol. The fourth-order valence-corrected chi connectivity index (χ4v) is 7.53. The van der Waals surface area contributed by atoms with E-state index in [0.29, 0.717) is 18.6 Å². The molecule has 2 aliphatic heterocycles. The van der Waals surface area contributed by atoms with E-state index in [1.165, 1.54) is 10.8 Å². The van der Waals surface area contributed by atoms with E-state index in [4.69, 9.17) is 9.16 Å². The Labute approximate surface area is 242 Å². The first-order valence-corrected chi connectivity index (χ1v) is 19.2. The molecule has 0 aromatic heterocycles. The number of carbonyl (C=O) groups is 4. The second-order valence-corrected chi connectivity index (χ2v) is 19.7. The minimum absolute atomic E-state index is 0.0613. The van der Waals surface area contributed by atoms with Crippen LogP contribution >= 0.6 is 21.6 Å². The number of hydrogen-bond donors (Lipinski definition) is 3. The van der Waals surface area contributed by atoms with E-state index >= 15 is 0 Å². The molecule has 3 N–H and O–H groups in total. The van der Waals surface area contributed by atoms with E-state index < -0.39 is 56.4 Å². The molecule has 222 valence electrons. The first-order chi connectivity index (χ1) is 18.1. The Hall–Kier alpha value is -1.50. The summed E-state index contributed by atoms with van der Waals surface area (Å²) in [5.41, 5.74) is 0. The molecule has 2 heterocycles. The molecule has 0 spiro atoms. The Morgan fingerprint density at radius 3 is 2.38 bits per heavy atom. The lowest BCUT2D eigenvalue weighted by molar-refractivity contribution is -0.150. The molecule has 1 fully saturated rings. The van der Waals surface area contributed by atoms with Crippen LogP contribution in [0.4, 0.5) is 0 Å². The first kappa shape index (κ1) is 33.7. The lowest BCUT2D eigenvalue weighted by atomic mass is 9.97. The summed E-state index contributed by atoms with van der Waals surface area (Å²) < 4.78 is 12.6. The lowest BCUT2D eigenvalue weighted by Gasteiger charge is -2.42. The minimum atomic E-state index is -2.36. The normalized spacial score (nSPS) is 29.7. The molecule has 9 nitrogen and oxygen atoms in total. The van der Waals surface area contributed by atoms with E-state index in [2.05, 4.69) is 63.7 Å². The van der Waals surface area contributed by atoms with E-state index in [1.54, 1.807) is 23.8 Å². The molecule has 2 bridgehead atoms. The highest BCUT2D eigenvalue weighted by molar-refractivity contribution is 8.76. The summed E-state index contributed by atoms with van der Waals surface area (Å²) in [4.78, 5) is 52.8. The summed E-state index contributed by atoms with van der Waals surface area (Å²) >= 11 is 0. The van der Waals surface area contributed by atoms with Crippen LogP contribution in [-0.4, -0.2) is 73.8 Å². The summed E-state index contributed by atoms with van der Waals surface area (Å²) in [6, 6.07) is -2.15. The second kappa shape index (κ2) is 14.9. The largest absolute Gasteiger partial charge is 0.457 e. The van der Waals surface area contributed by atoms with Crippen molar-refractivity contribution in [3.05, 3.63) is 12.2 Å². The quantitative estimate of drug-likeness (QED) is 0.192. The highest BCUT2D eigenvalue weighted by Crippen LogP contribution is 2.38. The number of nitrogens with one attached hydrogen (secondary N) is 3. The maximum Gasteiger partial charge on any atom is 0.309 e. The van der Waals surface area contributed by atoms with Gasteiger partial charge in [0.1, 0.15) is 18.2 Å². The minimum Gasteiger partial charge on any atom is -0.457 e. The van der Waals surface area contributed by atoms with Gasteiger partial charge in [0, 0.05) is 11.5 Å². The van der Waals surface area contributed by atoms with Crippen LogP contribution in [0.3, 0.4) is 0 Å². The Morgan fingerprint density at radius 1 is 1.05 bits per heavy atom. The van der Waals surface area contributed by atoms with Gasteiger partial charge in [0.2, 0.25) is 17.7 Å². The maximum atomic E-state index is 13.7. The van der Waals surface area contributed by atoms with Crippen molar-refractivity contribution in [3.8, 4) is 0 Å². The summed E-state index contributed by atoms with van der Waals surface area (Å²) in [7, 11) is 0.762. The van der Waals surface area contributed by atoms with Gasteiger partial charge in [-0.05, 0) is 49.9 Å². The van der Waals surface area contributed by atoms with Crippen LogP contribution in [0.5, 0.6) is 0 Å². The smallest absolute Gasteiger partial charge is 0.309 e. The zero-order valence-electron chi connectivity index (χ0n) is 24.6. The predicted octanol–water partition coefficient (Wildman–Crippen LogP) is 3.94. The average Bonchev–Trinajstić information content (AvgIpc) is 2.79. The molecule has 0 aliphatic carbocycles. The Balaban J connectivity index is 2.58. The van der Waals surface area contributed by atoms with Crippen molar-refractivity contribution in [1.82, 2.24) is 16.0 Å². The maximum absolute atomic E-state index is 13.7. The van der Waals surface area contributed by atoms with E-state index in [9.17, 15) is 19.2 Å². The van der Waals surface area contributed by atoms with E-state index in [-0.39, 0.29) is 29.7 Å². The second-order valence-electron chi connectivity index (χ2n) is 12.3. The number of ether oxygens (including phenoxy) is 1. The van der Waals surface area contributed by atoms with Gasteiger partial charge in [-0.3, -0.25) is 19.2 Å². The van der Waals surface area contributed by atoms with Crippen molar-refractivity contribution in [2.24, 2.45) is 5.92 Å². The van der Waals surface area contributed by atoms with Gasteiger partial charge in [0.15, 0.2) is 8.32 Å².